The first-order chi connectivity index (χ1) is 20.4. The van der Waals surface area contributed by atoms with Gasteiger partial charge in [-0.05, 0) is 69.1 Å². The van der Waals surface area contributed by atoms with Gasteiger partial charge < -0.3 is 4.90 Å². The quantitative estimate of drug-likeness (QED) is 0.209. The molecule has 0 aromatic heterocycles. The maximum Gasteiger partial charge on any atom is 0.0540 e. The molecule has 7 aromatic carbocycles. The molecule has 0 N–H and O–H groups in total. The zero-order valence-electron chi connectivity index (χ0n) is 22.7. The number of rotatable bonds is 6. The van der Waals surface area contributed by atoms with Gasteiger partial charge in [0.2, 0.25) is 0 Å². The molecule has 1 nitrogen and oxygen atoms in total. The molecule has 0 aliphatic rings. The summed E-state index contributed by atoms with van der Waals surface area (Å²) < 4.78 is 0. The Bertz CT molecular complexity index is 1900. The minimum atomic E-state index is 1.12. The monoisotopic (exact) mass is 523 g/mol. The van der Waals surface area contributed by atoms with Crippen LogP contribution in [0.4, 0.5) is 17.1 Å². The minimum absolute atomic E-state index is 1.12. The third-order valence-corrected chi connectivity index (χ3v) is 7.67. The second kappa shape index (κ2) is 11.0. The number of nitrogens with zero attached hydrogens (tertiary/aromatic N) is 1. The van der Waals surface area contributed by atoms with E-state index in [0.29, 0.717) is 0 Å². The van der Waals surface area contributed by atoms with Gasteiger partial charge in [-0.3, -0.25) is 0 Å². The number of benzene rings is 7. The maximum absolute atomic E-state index is 2.35. The van der Waals surface area contributed by atoms with Crippen LogP contribution in [0.1, 0.15) is 0 Å². The summed E-state index contributed by atoms with van der Waals surface area (Å²) >= 11 is 0. The average Bonchev–Trinajstić information content (AvgIpc) is 3.06. The molecular formula is C40H29N. The van der Waals surface area contributed by atoms with Crippen molar-refractivity contribution >= 4 is 27.8 Å². The van der Waals surface area contributed by atoms with E-state index in [1.165, 1.54) is 44.2 Å². The van der Waals surface area contributed by atoms with Gasteiger partial charge in [-0.25, -0.2) is 0 Å². The fourth-order valence-electron chi connectivity index (χ4n) is 5.76. The molecule has 0 saturated carbocycles. The Balaban J connectivity index is 1.38. The van der Waals surface area contributed by atoms with Crippen LogP contribution >= 0.6 is 0 Å². The van der Waals surface area contributed by atoms with Gasteiger partial charge in [0.25, 0.3) is 0 Å². The molecule has 0 fully saturated rings. The summed E-state index contributed by atoms with van der Waals surface area (Å²) in [6.45, 7) is 0. The first-order valence-electron chi connectivity index (χ1n) is 14.0. The van der Waals surface area contributed by atoms with E-state index >= 15 is 0 Å². The van der Waals surface area contributed by atoms with Crippen LogP contribution in [0.5, 0.6) is 0 Å². The number of hydrogen-bond acceptors (Lipinski definition) is 1. The Morgan fingerprint density at radius 3 is 1.49 bits per heavy atom. The Morgan fingerprint density at radius 2 is 0.805 bits per heavy atom. The van der Waals surface area contributed by atoms with Crippen LogP contribution in [0.3, 0.4) is 0 Å². The zero-order valence-corrected chi connectivity index (χ0v) is 22.7. The molecule has 0 saturated heterocycles. The third-order valence-electron chi connectivity index (χ3n) is 7.67. The molecule has 1 heteroatoms. The fraction of sp³-hybridized carbons (Fsp3) is 0. The Labute approximate surface area is 241 Å². The Morgan fingerprint density at radius 1 is 0.317 bits per heavy atom. The smallest absolute Gasteiger partial charge is 0.0540 e. The molecule has 0 aliphatic heterocycles. The predicted octanol–water partition coefficient (Wildman–Crippen LogP) is 11.3. The lowest BCUT2D eigenvalue weighted by molar-refractivity contribution is 1.30. The molecule has 0 heterocycles. The molecule has 0 bridgehead atoms. The second-order valence-corrected chi connectivity index (χ2v) is 10.2. The van der Waals surface area contributed by atoms with Gasteiger partial charge >= 0.3 is 0 Å². The van der Waals surface area contributed by atoms with Crippen LogP contribution in [0.2, 0.25) is 0 Å². The average molecular weight is 524 g/mol. The highest BCUT2D eigenvalue weighted by atomic mass is 15.1. The largest absolute Gasteiger partial charge is 0.310 e. The van der Waals surface area contributed by atoms with Gasteiger partial charge in [-0.2, -0.15) is 0 Å². The van der Waals surface area contributed by atoms with Crippen LogP contribution in [0, 0.1) is 0 Å². The summed E-state index contributed by atoms with van der Waals surface area (Å²) in [5.41, 5.74) is 10.8. The highest BCUT2D eigenvalue weighted by molar-refractivity contribution is 5.99. The van der Waals surface area contributed by atoms with E-state index in [2.05, 4.69) is 181 Å². The van der Waals surface area contributed by atoms with Crippen molar-refractivity contribution in [2.24, 2.45) is 0 Å². The summed E-state index contributed by atoms with van der Waals surface area (Å²) in [4.78, 5) is 2.35. The number of hydrogen-bond donors (Lipinski definition) is 0. The van der Waals surface area contributed by atoms with E-state index in [4.69, 9.17) is 0 Å². The van der Waals surface area contributed by atoms with Crippen molar-refractivity contribution in [1.29, 1.82) is 0 Å². The van der Waals surface area contributed by atoms with Crippen molar-refractivity contribution in [2.45, 2.75) is 0 Å². The van der Waals surface area contributed by atoms with Crippen molar-refractivity contribution in [3.63, 3.8) is 0 Å². The lowest BCUT2D eigenvalue weighted by atomic mass is 9.87. The molecular weight excluding hydrogens is 494 g/mol. The van der Waals surface area contributed by atoms with Gasteiger partial charge in [0, 0.05) is 16.8 Å². The van der Waals surface area contributed by atoms with E-state index in [9.17, 15) is 0 Å². The fourth-order valence-corrected chi connectivity index (χ4v) is 5.76. The van der Waals surface area contributed by atoms with E-state index in [1.807, 2.05) is 0 Å². The number of anilines is 3. The van der Waals surface area contributed by atoms with E-state index in [-0.39, 0.29) is 0 Å². The van der Waals surface area contributed by atoms with E-state index in [0.717, 1.165) is 17.1 Å². The normalized spacial score (nSPS) is 10.9. The summed E-state index contributed by atoms with van der Waals surface area (Å²) in [5.74, 6) is 0. The highest BCUT2D eigenvalue weighted by Gasteiger charge is 2.17. The summed E-state index contributed by atoms with van der Waals surface area (Å²) in [7, 11) is 0. The second-order valence-electron chi connectivity index (χ2n) is 10.2. The van der Waals surface area contributed by atoms with Crippen molar-refractivity contribution in [1.82, 2.24) is 0 Å². The maximum atomic E-state index is 2.35. The van der Waals surface area contributed by atoms with E-state index < -0.39 is 0 Å². The molecule has 0 atom stereocenters. The van der Waals surface area contributed by atoms with Crippen LogP contribution in [0.15, 0.2) is 176 Å². The van der Waals surface area contributed by atoms with Crippen molar-refractivity contribution in [3.05, 3.63) is 176 Å². The van der Waals surface area contributed by atoms with Crippen molar-refractivity contribution in [2.75, 3.05) is 4.90 Å². The van der Waals surface area contributed by atoms with Gasteiger partial charge in [0.05, 0.1) is 5.69 Å². The molecule has 194 valence electrons. The minimum Gasteiger partial charge on any atom is -0.310 e. The predicted molar refractivity (Wildman–Crippen MR) is 175 cm³/mol. The van der Waals surface area contributed by atoms with Crippen molar-refractivity contribution in [3.8, 4) is 33.4 Å². The molecule has 0 unspecified atom stereocenters. The lowest BCUT2D eigenvalue weighted by Crippen LogP contribution is -2.10. The number of fused-ring (bicyclic) bond motifs is 1. The van der Waals surface area contributed by atoms with Gasteiger partial charge in [0.15, 0.2) is 0 Å². The van der Waals surface area contributed by atoms with Gasteiger partial charge in [-0.15, -0.1) is 0 Å². The zero-order chi connectivity index (χ0) is 27.4. The van der Waals surface area contributed by atoms with Crippen LogP contribution in [-0.2, 0) is 0 Å². The third kappa shape index (κ3) is 4.79. The molecule has 0 amide bonds. The Hall–Kier alpha value is -5.40. The summed E-state index contributed by atoms with van der Waals surface area (Å²) in [6, 6.07) is 62.8. The standard InChI is InChI=1S/C40H29N/c1-4-14-31(15-5-1)37-23-13-24-38(40(37)33-17-6-2-7-18-33)32-26-28-35(29-27-32)41(34-20-8-3-9-21-34)39-25-12-19-30-16-10-11-22-36(30)39/h1-29H. The molecule has 7 rings (SSSR count). The van der Waals surface area contributed by atoms with E-state index in [1.54, 1.807) is 0 Å². The Kier molecular flexibility index (Phi) is 6.61. The molecule has 0 spiro atoms. The van der Waals surface area contributed by atoms with Gasteiger partial charge in [-0.1, -0.05) is 146 Å². The molecule has 0 radical (unpaired) electrons. The van der Waals surface area contributed by atoms with Crippen molar-refractivity contribution < 1.29 is 0 Å². The SMILES string of the molecule is c1ccc(-c2cccc(-c3ccc(N(c4ccccc4)c4cccc5ccccc45)cc3)c2-c2ccccc2)cc1. The molecule has 41 heavy (non-hydrogen) atoms. The number of para-hydroxylation sites is 1. The first-order valence-corrected chi connectivity index (χ1v) is 14.0. The van der Waals surface area contributed by atoms with Gasteiger partial charge in [0.1, 0.15) is 0 Å². The lowest BCUT2D eigenvalue weighted by Gasteiger charge is -2.27. The van der Waals surface area contributed by atoms with Crippen LogP contribution < -0.4 is 4.90 Å². The van der Waals surface area contributed by atoms with Crippen LogP contribution in [0.25, 0.3) is 44.2 Å². The topological polar surface area (TPSA) is 3.24 Å². The molecule has 7 aromatic rings. The highest BCUT2D eigenvalue weighted by Crippen LogP contribution is 2.42. The van der Waals surface area contributed by atoms with Crippen LogP contribution in [-0.4, -0.2) is 0 Å². The summed E-state index contributed by atoms with van der Waals surface area (Å²) in [5, 5.41) is 2.46. The first kappa shape index (κ1) is 24.6. The molecule has 0 aliphatic carbocycles. The summed E-state index contributed by atoms with van der Waals surface area (Å²) in [6.07, 6.45) is 0.